The number of ether oxygens (including phenoxy) is 2. The number of methoxy groups -OCH3 is 1. The van der Waals surface area contributed by atoms with E-state index in [2.05, 4.69) is 12.2 Å². The minimum Gasteiger partial charge on any atom is -0.493 e. The average Bonchev–Trinajstić information content (AvgIpc) is 3.69. The summed E-state index contributed by atoms with van der Waals surface area (Å²) in [5.41, 5.74) is 3.70. The summed E-state index contributed by atoms with van der Waals surface area (Å²) < 4.78 is 11.9. The lowest BCUT2D eigenvalue weighted by atomic mass is 9.87. The summed E-state index contributed by atoms with van der Waals surface area (Å²) >= 11 is 1.41. The van der Waals surface area contributed by atoms with Gasteiger partial charge in [0.25, 0.3) is 5.91 Å². The molecule has 0 saturated heterocycles. The lowest BCUT2D eigenvalue weighted by Gasteiger charge is -2.35. The van der Waals surface area contributed by atoms with Crippen LogP contribution in [0.15, 0.2) is 65.1 Å². The van der Waals surface area contributed by atoms with E-state index in [9.17, 15) is 9.59 Å². The molecule has 2 heterocycles. The van der Waals surface area contributed by atoms with E-state index < -0.39 is 0 Å². The molecular weight excluding hydrogens is 510 g/mol. The van der Waals surface area contributed by atoms with Crippen LogP contribution >= 0.6 is 11.3 Å². The second kappa shape index (κ2) is 12.5. The number of thiophene rings is 1. The Hall–Kier alpha value is -3.65. The number of benzene rings is 2. The fourth-order valence-electron chi connectivity index (χ4n) is 5.35. The minimum atomic E-state index is -0.302. The van der Waals surface area contributed by atoms with Crippen LogP contribution < -0.4 is 14.8 Å². The van der Waals surface area contributed by atoms with Gasteiger partial charge in [0, 0.05) is 17.2 Å². The van der Waals surface area contributed by atoms with Crippen molar-refractivity contribution in [3.8, 4) is 11.5 Å². The van der Waals surface area contributed by atoms with Crippen molar-refractivity contribution in [2.45, 2.75) is 64.1 Å². The summed E-state index contributed by atoms with van der Waals surface area (Å²) in [7, 11) is 1.67. The normalized spacial score (nSPS) is 19.4. The third-order valence-electron chi connectivity index (χ3n) is 7.54. The van der Waals surface area contributed by atoms with Gasteiger partial charge in [-0.15, -0.1) is 11.3 Å². The Morgan fingerprint density at radius 3 is 2.59 bits per heavy atom. The van der Waals surface area contributed by atoms with Gasteiger partial charge in [0.05, 0.1) is 30.3 Å². The Bertz CT molecular complexity index is 1300. The number of hydrogen-bond acceptors (Lipinski definition) is 7. The average molecular weight is 546 g/mol. The third-order valence-corrected chi connectivity index (χ3v) is 8.41. The largest absolute Gasteiger partial charge is 0.493 e. The smallest absolute Gasteiger partial charge is 0.265 e. The Morgan fingerprint density at radius 2 is 1.92 bits per heavy atom. The van der Waals surface area contributed by atoms with Crippen LogP contribution in [0.2, 0.25) is 0 Å². The van der Waals surface area contributed by atoms with Crippen molar-refractivity contribution >= 4 is 34.9 Å². The second-order valence-electron chi connectivity index (χ2n) is 10.1. The van der Waals surface area contributed by atoms with Gasteiger partial charge in [0.15, 0.2) is 11.5 Å². The molecule has 1 amide bonds. The molecule has 8 heteroatoms. The first-order valence-corrected chi connectivity index (χ1v) is 14.5. The second-order valence-corrected chi connectivity index (χ2v) is 11.1. The van der Waals surface area contributed by atoms with E-state index in [1.807, 2.05) is 58.9 Å². The van der Waals surface area contributed by atoms with Crippen LogP contribution in [0.4, 0.5) is 5.69 Å². The SMILES string of the molecule is CCC1CC(C=O)N(Cc2ccc(NC(=O)c3cccs3)cc2)N=C1c1ccc(OC)c(OC2CCCC2)c1. The first kappa shape index (κ1) is 26.9. The van der Waals surface area contributed by atoms with E-state index in [1.165, 1.54) is 24.2 Å². The molecule has 0 radical (unpaired) electrons. The van der Waals surface area contributed by atoms with E-state index in [1.54, 1.807) is 13.2 Å². The zero-order valence-corrected chi connectivity index (χ0v) is 23.3. The zero-order valence-electron chi connectivity index (χ0n) is 22.5. The van der Waals surface area contributed by atoms with Crippen molar-refractivity contribution in [2.75, 3.05) is 12.4 Å². The molecule has 5 rings (SSSR count). The van der Waals surface area contributed by atoms with Crippen LogP contribution in [-0.4, -0.2) is 42.2 Å². The molecule has 0 spiro atoms. The Labute approximate surface area is 233 Å². The maximum Gasteiger partial charge on any atom is 0.265 e. The predicted molar refractivity (Wildman–Crippen MR) is 155 cm³/mol. The monoisotopic (exact) mass is 545 g/mol. The van der Waals surface area contributed by atoms with E-state index in [-0.39, 0.29) is 24.0 Å². The number of rotatable bonds is 10. The van der Waals surface area contributed by atoms with E-state index in [4.69, 9.17) is 14.6 Å². The van der Waals surface area contributed by atoms with Gasteiger partial charge in [-0.1, -0.05) is 25.1 Å². The van der Waals surface area contributed by atoms with E-state index in [0.29, 0.717) is 17.8 Å². The van der Waals surface area contributed by atoms with Gasteiger partial charge >= 0.3 is 0 Å². The highest BCUT2D eigenvalue weighted by molar-refractivity contribution is 7.12. The minimum absolute atomic E-state index is 0.120. The standard InChI is InChI=1S/C31H35N3O4S/c1-3-22-17-25(20-35)34(19-21-10-13-24(14-11-21)32-31(36)29-9-6-16-39-29)33-30(22)23-12-15-27(37-2)28(18-23)38-26-7-4-5-8-26/h6,9-16,18,20,22,25-26H,3-5,7-8,17,19H2,1-2H3,(H,32,36). The van der Waals surface area contributed by atoms with Gasteiger partial charge in [0.2, 0.25) is 0 Å². The molecule has 0 bridgehead atoms. The molecule has 2 unspecified atom stereocenters. The highest BCUT2D eigenvalue weighted by Crippen LogP contribution is 2.35. The molecule has 3 aromatic rings. The number of hydrazone groups is 1. The van der Waals surface area contributed by atoms with Gasteiger partial charge in [-0.2, -0.15) is 5.10 Å². The van der Waals surface area contributed by atoms with Crippen molar-refractivity contribution in [2.24, 2.45) is 11.0 Å². The summed E-state index contributed by atoms with van der Waals surface area (Å²) in [5, 5.41) is 11.7. The fraction of sp³-hybridized carbons (Fsp3) is 0.387. The molecule has 2 aromatic carbocycles. The molecular formula is C31H35N3O4S. The van der Waals surface area contributed by atoms with Gasteiger partial charge in [-0.25, -0.2) is 0 Å². The van der Waals surface area contributed by atoms with Crippen LogP contribution in [0.5, 0.6) is 11.5 Å². The van der Waals surface area contributed by atoms with Crippen molar-refractivity contribution in [3.05, 3.63) is 76.0 Å². The van der Waals surface area contributed by atoms with Crippen molar-refractivity contribution < 1.29 is 19.1 Å². The first-order valence-electron chi connectivity index (χ1n) is 13.7. The summed E-state index contributed by atoms with van der Waals surface area (Å²) in [6.07, 6.45) is 7.34. The highest BCUT2D eigenvalue weighted by Gasteiger charge is 2.31. The van der Waals surface area contributed by atoms with Crippen LogP contribution in [0, 0.1) is 5.92 Å². The van der Waals surface area contributed by atoms with E-state index >= 15 is 0 Å². The quantitative estimate of drug-likeness (QED) is 0.293. The number of nitrogens with one attached hydrogen (secondary N) is 1. The number of carbonyl (C=O) groups is 2. The maximum absolute atomic E-state index is 12.4. The molecule has 204 valence electrons. The van der Waals surface area contributed by atoms with Crippen LogP contribution in [-0.2, 0) is 11.3 Å². The molecule has 1 aromatic heterocycles. The number of nitrogens with zero attached hydrogens (tertiary/aromatic N) is 2. The van der Waals surface area contributed by atoms with Crippen molar-refractivity contribution in [1.29, 1.82) is 0 Å². The fourth-order valence-corrected chi connectivity index (χ4v) is 5.96. The highest BCUT2D eigenvalue weighted by atomic mass is 32.1. The lowest BCUT2D eigenvalue weighted by Crippen LogP contribution is -2.41. The summed E-state index contributed by atoms with van der Waals surface area (Å²) in [6.45, 7) is 2.63. The number of hydrogen-bond donors (Lipinski definition) is 1. The van der Waals surface area contributed by atoms with Gasteiger partial charge in [-0.05, 0) is 85.9 Å². The van der Waals surface area contributed by atoms with Crippen molar-refractivity contribution in [3.63, 3.8) is 0 Å². The van der Waals surface area contributed by atoms with E-state index in [0.717, 1.165) is 59.6 Å². The molecule has 2 aliphatic rings. The number of aldehydes is 1. The molecule has 1 aliphatic heterocycles. The van der Waals surface area contributed by atoms with Crippen LogP contribution in [0.3, 0.4) is 0 Å². The van der Waals surface area contributed by atoms with Gasteiger partial charge in [0.1, 0.15) is 12.3 Å². The topological polar surface area (TPSA) is 80.2 Å². The number of amides is 1. The molecule has 39 heavy (non-hydrogen) atoms. The number of carbonyl (C=O) groups excluding carboxylic acids is 2. The van der Waals surface area contributed by atoms with Crippen LogP contribution in [0.25, 0.3) is 0 Å². The Balaban J connectivity index is 1.36. The first-order chi connectivity index (χ1) is 19.1. The molecule has 7 nitrogen and oxygen atoms in total. The summed E-state index contributed by atoms with van der Waals surface area (Å²) in [6, 6.07) is 17.1. The van der Waals surface area contributed by atoms with Gasteiger partial charge in [-0.3, -0.25) is 9.80 Å². The maximum atomic E-state index is 12.4. The molecule has 2 atom stereocenters. The zero-order chi connectivity index (χ0) is 27.2. The molecule has 1 aliphatic carbocycles. The summed E-state index contributed by atoms with van der Waals surface area (Å²) in [5.74, 6) is 1.53. The lowest BCUT2D eigenvalue weighted by molar-refractivity contribution is -0.113. The third kappa shape index (κ3) is 6.33. The summed E-state index contributed by atoms with van der Waals surface area (Å²) in [4.78, 5) is 25.1. The Kier molecular flexibility index (Phi) is 8.61. The Morgan fingerprint density at radius 1 is 1.13 bits per heavy atom. The van der Waals surface area contributed by atoms with Gasteiger partial charge < -0.3 is 19.6 Å². The van der Waals surface area contributed by atoms with Crippen molar-refractivity contribution in [1.82, 2.24) is 5.01 Å². The van der Waals surface area contributed by atoms with Crippen LogP contribution in [0.1, 0.15) is 66.2 Å². The predicted octanol–water partition coefficient (Wildman–Crippen LogP) is 6.53. The number of anilines is 1. The molecule has 1 saturated carbocycles. The molecule has 1 N–H and O–H groups in total. The molecule has 1 fully saturated rings.